The smallest absolute Gasteiger partial charge is 0.306 e. The highest BCUT2D eigenvalue weighted by molar-refractivity contribution is 5.96. The number of benzene rings is 1. The minimum atomic E-state index is -1.20. The molecule has 7 N–H and O–H groups in total. The summed E-state index contributed by atoms with van der Waals surface area (Å²) >= 11 is 0. The maximum Gasteiger partial charge on any atom is 0.306 e. The number of hydrogen-bond donors (Lipinski definition) is 6. The Morgan fingerprint density at radius 2 is 1.05 bits per heavy atom. The largest absolute Gasteiger partial charge is 0.481 e. The normalized spacial score (nSPS) is 15.3. The number of carbonyl (C=O) groups is 10. The molecular weight excluding hydrogens is 1040 g/mol. The SMILES string of the molecule is Cc1ccc(C(=O)CCCCCC(CC(=O)CCOCCOCCCC(=O)C(CCC(=O)O)NC(=O)CCC(CC(=O)C2CCC(CNC(=O)CCCCCCCCCCCCCCCCCCC(=O)O)CC2)C(=O)O)C(N)=O)cc1. The molecule has 0 saturated heterocycles. The number of carbonyl (C=O) groups excluding carboxylic acids is 7. The van der Waals surface area contributed by atoms with Crippen LogP contribution in [0.25, 0.3) is 0 Å². The molecule has 0 spiro atoms. The summed E-state index contributed by atoms with van der Waals surface area (Å²) in [6.45, 7) is 3.18. The van der Waals surface area contributed by atoms with Crippen LogP contribution in [0.4, 0.5) is 0 Å². The van der Waals surface area contributed by atoms with Crippen molar-refractivity contribution in [2.75, 3.05) is 33.0 Å². The van der Waals surface area contributed by atoms with Crippen LogP contribution in [-0.2, 0) is 52.6 Å². The van der Waals surface area contributed by atoms with Crippen LogP contribution in [0, 0.1) is 30.6 Å². The van der Waals surface area contributed by atoms with Gasteiger partial charge in [-0.2, -0.15) is 0 Å². The van der Waals surface area contributed by atoms with E-state index in [0.717, 1.165) is 63.4 Å². The summed E-state index contributed by atoms with van der Waals surface area (Å²) in [5.74, 6) is -6.52. The van der Waals surface area contributed by atoms with Crippen molar-refractivity contribution in [2.45, 2.75) is 244 Å². The van der Waals surface area contributed by atoms with Gasteiger partial charge < -0.3 is 41.2 Å². The highest BCUT2D eigenvalue weighted by Crippen LogP contribution is 2.31. The van der Waals surface area contributed by atoms with Gasteiger partial charge in [0, 0.05) is 88.3 Å². The number of ketones is 4. The molecule has 0 aromatic heterocycles. The lowest BCUT2D eigenvalue weighted by molar-refractivity contribution is -0.145. The number of carboxylic acid groups (broad SMARTS) is 3. The lowest BCUT2D eigenvalue weighted by atomic mass is 9.78. The molecule has 3 atom stereocenters. The van der Waals surface area contributed by atoms with Gasteiger partial charge in [0.1, 0.15) is 11.6 Å². The van der Waals surface area contributed by atoms with Crippen molar-refractivity contribution in [2.24, 2.45) is 29.4 Å². The number of nitrogens with two attached hydrogens (primary N) is 1. The molecule has 18 heteroatoms. The molecule has 0 radical (unpaired) electrons. The van der Waals surface area contributed by atoms with Crippen molar-refractivity contribution in [3.05, 3.63) is 35.4 Å². The first kappa shape index (κ1) is 71.7. The molecule has 0 aliphatic heterocycles. The number of unbranched alkanes of at least 4 members (excludes halogenated alkanes) is 17. The van der Waals surface area contributed by atoms with E-state index < -0.39 is 53.4 Å². The van der Waals surface area contributed by atoms with Crippen LogP contribution in [-0.4, -0.2) is 113 Å². The van der Waals surface area contributed by atoms with Crippen molar-refractivity contribution in [3.8, 4) is 0 Å². The minimum absolute atomic E-state index is 0.0140. The lowest BCUT2D eigenvalue weighted by Crippen LogP contribution is -2.41. The topological polar surface area (TPSA) is 300 Å². The molecule has 1 aliphatic carbocycles. The van der Waals surface area contributed by atoms with Gasteiger partial charge in [0.25, 0.3) is 0 Å². The van der Waals surface area contributed by atoms with E-state index >= 15 is 0 Å². The summed E-state index contributed by atoms with van der Waals surface area (Å²) in [7, 11) is 0. The van der Waals surface area contributed by atoms with Gasteiger partial charge in [0.15, 0.2) is 11.6 Å². The van der Waals surface area contributed by atoms with Gasteiger partial charge in [-0.25, -0.2) is 0 Å². The molecule has 2 rings (SSSR count). The molecule has 1 saturated carbocycles. The third-order valence-corrected chi connectivity index (χ3v) is 15.6. The molecule has 0 bridgehead atoms. The number of nitrogens with one attached hydrogen (secondary N) is 2. The third kappa shape index (κ3) is 37.4. The van der Waals surface area contributed by atoms with E-state index in [1.807, 2.05) is 31.2 Å². The summed E-state index contributed by atoms with van der Waals surface area (Å²) in [5, 5.41) is 33.6. The van der Waals surface area contributed by atoms with E-state index in [1.54, 1.807) is 0 Å². The Morgan fingerprint density at radius 3 is 1.60 bits per heavy atom. The standard InChI is InChI=1S/C63H101N3O15/c1-47-27-31-49(32-28-47)55(68)23-18-16-17-22-51(62(64)77)44-53(67)39-41-81-43-42-80-40-21-24-56(69)54(36-38-61(75)76)66-59(72)37-35-52(63(78)79)45-57(70)50-33-29-48(30-34-50)46-65-58(71)25-19-14-12-10-8-6-4-2-3-5-7-9-11-13-15-20-26-60(73)74/h27-28,31-32,48,50-52,54H,2-26,29-30,33-46H2,1H3,(H2,64,77)(H,65,71)(H,66,72)(H,73,74)(H,75,76)(H,78,79). The predicted octanol–water partition coefficient (Wildman–Crippen LogP) is 10.8. The van der Waals surface area contributed by atoms with Gasteiger partial charge >= 0.3 is 17.9 Å². The molecule has 0 heterocycles. The van der Waals surface area contributed by atoms with Crippen LogP contribution in [0.1, 0.15) is 247 Å². The van der Waals surface area contributed by atoms with Gasteiger partial charge in [-0.3, -0.25) is 47.9 Å². The number of amides is 3. The summed E-state index contributed by atoms with van der Waals surface area (Å²) in [6, 6.07) is 6.35. The zero-order valence-electron chi connectivity index (χ0n) is 49.0. The number of rotatable bonds is 53. The summed E-state index contributed by atoms with van der Waals surface area (Å²) in [5.41, 5.74) is 7.33. The van der Waals surface area contributed by atoms with Gasteiger partial charge in [0.2, 0.25) is 17.7 Å². The Balaban J connectivity index is 1.54. The zero-order chi connectivity index (χ0) is 59.5. The highest BCUT2D eigenvalue weighted by Gasteiger charge is 2.31. The Morgan fingerprint density at radius 1 is 0.519 bits per heavy atom. The number of primary amides is 1. The molecule has 3 amide bonds. The summed E-state index contributed by atoms with van der Waals surface area (Å²) < 4.78 is 11.1. The van der Waals surface area contributed by atoms with E-state index in [-0.39, 0.29) is 126 Å². The van der Waals surface area contributed by atoms with Crippen LogP contribution in [0.5, 0.6) is 0 Å². The summed E-state index contributed by atoms with van der Waals surface area (Å²) in [4.78, 5) is 123. The maximum absolute atomic E-state index is 13.3. The van der Waals surface area contributed by atoms with Crippen LogP contribution < -0.4 is 16.4 Å². The van der Waals surface area contributed by atoms with E-state index in [4.69, 9.17) is 20.3 Å². The second kappa shape index (κ2) is 45.2. The Bertz CT molecular complexity index is 2020. The second-order valence-electron chi connectivity index (χ2n) is 22.6. The van der Waals surface area contributed by atoms with Crippen LogP contribution in [0.3, 0.4) is 0 Å². The fourth-order valence-electron chi connectivity index (χ4n) is 10.4. The Labute approximate surface area is 482 Å². The quantitative estimate of drug-likeness (QED) is 0.0261. The monoisotopic (exact) mass is 1140 g/mol. The Hall–Kier alpha value is -5.36. The number of hydrogen-bond acceptors (Lipinski definition) is 12. The molecule has 1 aliphatic rings. The molecule has 81 heavy (non-hydrogen) atoms. The van der Waals surface area contributed by atoms with Crippen LogP contribution in [0.15, 0.2) is 24.3 Å². The van der Waals surface area contributed by atoms with Gasteiger partial charge in [-0.05, 0) is 83.5 Å². The first-order valence-corrected chi connectivity index (χ1v) is 30.8. The van der Waals surface area contributed by atoms with E-state index in [0.29, 0.717) is 57.1 Å². The van der Waals surface area contributed by atoms with Gasteiger partial charge in [-0.15, -0.1) is 0 Å². The average molecular weight is 1140 g/mol. The average Bonchev–Trinajstić information content (AvgIpc) is 3.44. The fraction of sp³-hybridized carbons (Fsp3) is 0.746. The number of aryl methyl sites for hydroxylation is 1. The highest BCUT2D eigenvalue weighted by atomic mass is 16.5. The van der Waals surface area contributed by atoms with Crippen LogP contribution in [0.2, 0.25) is 0 Å². The lowest BCUT2D eigenvalue weighted by Gasteiger charge is -2.28. The number of Topliss-reactive ketones (excluding diaryl/α,β-unsaturated/α-hetero) is 4. The minimum Gasteiger partial charge on any atom is -0.481 e. The molecule has 1 aromatic carbocycles. The van der Waals surface area contributed by atoms with Crippen molar-refractivity contribution >= 4 is 58.8 Å². The Kier molecular flexibility index (Phi) is 40.0. The van der Waals surface area contributed by atoms with E-state index in [1.165, 1.54) is 64.2 Å². The predicted molar refractivity (Wildman–Crippen MR) is 309 cm³/mol. The second-order valence-corrected chi connectivity index (χ2v) is 22.6. The van der Waals surface area contributed by atoms with Crippen molar-refractivity contribution in [3.63, 3.8) is 0 Å². The number of carboxylic acids is 3. The van der Waals surface area contributed by atoms with E-state index in [9.17, 15) is 58.2 Å². The number of aliphatic carboxylic acids is 3. The van der Waals surface area contributed by atoms with Crippen molar-refractivity contribution in [1.29, 1.82) is 0 Å². The molecule has 18 nitrogen and oxygen atoms in total. The van der Waals surface area contributed by atoms with Crippen molar-refractivity contribution < 1.29 is 72.7 Å². The zero-order valence-corrected chi connectivity index (χ0v) is 49.0. The van der Waals surface area contributed by atoms with Gasteiger partial charge in [0.05, 0.1) is 31.8 Å². The van der Waals surface area contributed by atoms with Gasteiger partial charge in [-0.1, -0.05) is 133 Å². The number of ether oxygens (including phenoxy) is 2. The molecule has 3 unspecified atom stereocenters. The molecule has 458 valence electrons. The molecule has 1 aromatic rings. The summed E-state index contributed by atoms with van der Waals surface area (Å²) in [6.07, 6.45) is 24.2. The van der Waals surface area contributed by atoms with Crippen molar-refractivity contribution in [1.82, 2.24) is 10.6 Å². The van der Waals surface area contributed by atoms with Crippen LogP contribution >= 0.6 is 0 Å². The first-order chi connectivity index (χ1) is 38.9. The maximum atomic E-state index is 13.3. The molecular formula is C63H101N3O15. The fourth-order valence-corrected chi connectivity index (χ4v) is 10.4. The molecule has 1 fully saturated rings. The first-order valence-electron chi connectivity index (χ1n) is 30.8. The van der Waals surface area contributed by atoms with E-state index in [2.05, 4.69) is 10.6 Å². The third-order valence-electron chi connectivity index (χ3n) is 15.6.